The molecular weight excluding hydrogens is 260 g/mol. The average Bonchev–Trinajstić information content (AvgIpc) is 2.52. The van der Waals surface area contributed by atoms with Gasteiger partial charge < -0.3 is 9.47 Å². The Morgan fingerprint density at radius 1 is 0.905 bits per heavy atom. The summed E-state index contributed by atoms with van der Waals surface area (Å²) >= 11 is 0. The lowest BCUT2D eigenvalue weighted by molar-refractivity contribution is 0.384. The Kier molecular flexibility index (Phi) is 8.65. The van der Waals surface area contributed by atoms with E-state index >= 15 is 0 Å². The summed E-state index contributed by atoms with van der Waals surface area (Å²) in [5, 5.41) is 0. The first-order chi connectivity index (χ1) is 10.3. The lowest BCUT2D eigenvalue weighted by Crippen LogP contribution is -1.98. The zero-order valence-corrected chi connectivity index (χ0v) is 14.1. The van der Waals surface area contributed by atoms with Gasteiger partial charge in [0.05, 0.1) is 14.2 Å². The van der Waals surface area contributed by atoms with Crippen LogP contribution < -0.4 is 9.47 Å². The molecular formula is C19H30O2. The molecule has 21 heavy (non-hydrogen) atoms. The van der Waals surface area contributed by atoms with Gasteiger partial charge in [0.25, 0.3) is 0 Å². The highest BCUT2D eigenvalue weighted by Crippen LogP contribution is 2.32. The van der Waals surface area contributed by atoms with Gasteiger partial charge in [-0.2, -0.15) is 0 Å². The fourth-order valence-electron chi connectivity index (χ4n) is 2.43. The van der Waals surface area contributed by atoms with Gasteiger partial charge in [-0.3, -0.25) is 0 Å². The third-order valence-electron chi connectivity index (χ3n) is 3.70. The third-order valence-corrected chi connectivity index (χ3v) is 3.70. The number of methoxy groups -OCH3 is 2. The molecule has 0 saturated heterocycles. The molecule has 0 aliphatic rings. The predicted octanol–water partition coefficient (Wildman–Crippen LogP) is 5.64. The first-order valence-corrected chi connectivity index (χ1v) is 8.18. The smallest absolute Gasteiger partial charge is 0.126 e. The van der Waals surface area contributed by atoms with Crippen LogP contribution in [0.5, 0.6) is 11.5 Å². The SMILES string of the molecule is CCCCC/C=C/c1cc(OC)c(CCCC)c(OC)c1. The highest BCUT2D eigenvalue weighted by atomic mass is 16.5. The Morgan fingerprint density at radius 2 is 1.52 bits per heavy atom. The van der Waals surface area contributed by atoms with Crippen molar-refractivity contribution in [2.24, 2.45) is 0 Å². The molecule has 118 valence electrons. The van der Waals surface area contributed by atoms with Crippen LogP contribution in [0, 0.1) is 0 Å². The van der Waals surface area contributed by atoms with Gasteiger partial charge in [0.2, 0.25) is 0 Å². The Labute approximate surface area is 130 Å². The van der Waals surface area contributed by atoms with Gasteiger partial charge >= 0.3 is 0 Å². The molecule has 1 aromatic carbocycles. The minimum Gasteiger partial charge on any atom is -0.496 e. The highest BCUT2D eigenvalue weighted by molar-refractivity contribution is 5.59. The van der Waals surface area contributed by atoms with Crippen LogP contribution in [-0.4, -0.2) is 14.2 Å². The summed E-state index contributed by atoms with van der Waals surface area (Å²) in [7, 11) is 3.47. The van der Waals surface area contributed by atoms with E-state index in [1.54, 1.807) is 14.2 Å². The number of ether oxygens (including phenoxy) is 2. The van der Waals surface area contributed by atoms with E-state index in [9.17, 15) is 0 Å². The summed E-state index contributed by atoms with van der Waals surface area (Å²) in [5.41, 5.74) is 2.34. The summed E-state index contributed by atoms with van der Waals surface area (Å²) in [6.07, 6.45) is 12.7. The van der Waals surface area contributed by atoms with Crippen molar-refractivity contribution in [3.63, 3.8) is 0 Å². The van der Waals surface area contributed by atoms with E-state index in [-0.39, 0.29) is 0 Å². The number of benzene rings is 1. The molecule has 0 heterocycles. The van der Waals surface area contributed by atoms with Crippen LogP contribution in [0.15, 0.2) is 18.2 Å². The normalized spacial score (nSPS) is 11.0. The quantitative estimate of drug-likeness (QED) is 0.519. The van der Waals surface area contributed by atoms with Crippen molar-refractivity contribution >= 4 is 6.08 Å². The van der Waals surface area contributed by atoms with Crippen molar-refractivity contribution < 1.29 is 9.47 Å². The monoisotopic (exact) mass is 290 g/mol. The van der Waals surface area contributed by atoms with E-state index in [0.29, 0.717) is 0 Å². The second-order valence-corrected chi connectivity index (χ2v) is 5.41. The van der Waals surface area contributed by atoms with Gasteiger partial charge in [-0.1, -0.05) is 45.3 Å². The lowest BCUT2D eigenvalue weighted by atomic mass is 10.0. The third kappa shape index (κ3) is 5.82. The van der Waals surface area contributed by atoms with E-state index in [1.807, 2.05) is 0 Å². The number of rotatable bonds is 10. The molecule has 0 aromatic heterocycles. The minimum absolute atomic E-state index is 0.941. The van der Waals surface area contributed by atoms with Gasteiger partial charge in [0.15, 0.2) is 0 Å². The van der Waals surface area contributed by atoms with Crippen molar-refractivity contribution in [3.05, 3.63) is 29.3 Å². The maximum Gasteiger partial charge on any atom is 0.126 e. The summed E-state index contributed by atoms with van der Waals surface area (Å²) in [5.74, 6) is 1.88. The van der Waals surface area contributed by atoms with E-state index in [1.165, 1.54) is 31.2 Å². The lowest BCUT2D eigenvalue weighted by Gasteiger charge is -2.14. The average molecular weight is 290 g/mol. The Bertz CT molecular complexity index is 410. The first kappa shape index (κ1) is 17.6. The maximum absolute atomic E-state index is 5.56. The highest BCUT2D eigenvalue weighted by Gasteiger charge is 2.11. The van der Waals surface area contributed by atoms with Crippen molar-refractivity contribution in [2.45, 2.75) is 58.8 Å². The summed E-state index contributed by atoms with van der Waals surface area (Å²) in [6.45, 7) is 4.43. The molecule has 1 aromatic rings. The summed E-state index contributed by atoms with van der Waals surface area (Å²) in [4.78, 5) is 0. The Morgan fingerprint density at radius 3 is 2.05 bits per heavy atom. The Balaban J connectivity index is 2.86. The largest absolute Gasteiger partial charge is 0.496 e. The number of hydrogen-bond acceptors (Lipinski definition) is 2. The topological polar surface area (TPSA) is 18.5 Å². The van der Waals surface area contributed by atoms with Gasteiger partial charge in [-0.25, -0.2) is 0 Å². The minimum atomic E-state index is 0.941. The molecule has 0 fully saturated rings. The van der Waals surface area contributed by atoms with E-state index < -0.39 is 0 Å². The molecule has 0 atom stereocenters. The van der Waals surface area contributed by atoms with Crippen molar-refractivity contribution in [1.82, 2.24) is 0 Å². The van der Waals surface area contributed by atoms with Gasteiger partial charge in [-0.15, -0.1) is 0 Å². The van der Waals surface area contributed by atoms with Crippen LogP contribution in [0.1, 0.15) is 63.5 Å². The molecule has 2 nitrogen and oxygen atoms in total. The van der Waals surface area contributed by atoms with Crippen LogP contribution in [0.3, 0.4) is 0 Å². The van der Waals surface area contributed by atoms with Crippen molar-refractivity contribution in [2.75, 3.05) is 14.2 Å². The van der Waals surface area contributed by atoms with Crippen LogP contribution in [0.25, 0.3) is 6.08 Å². The first-order valence-electron chi connectivity index (χ1n) is 8.18. The van der Waals surface area contributed by atoms with Gasteiger partial charge in [0, 0.05) is 5.56 Å². The predicted molar refractivity (Wildman–Crippen MR) is 91.3 cm³/mol. The standard InChI is InChI=1S/C19H30O2/c1-5-7-9-10-11-12-16-14-18(20-3)17(13-8-6-2)19(15-16)21-4/h11-12,14-15H,5-10,13H2,1-4H3/b12-11+. The van der Waals surface area contributed by atoms with Crippen LogP contribution in [-0.2, 0) is 6.42 Å². The number of hydrogen-bond donors (Lipinski definition) is 0. The second-order valence-electron chi connectivity index (χ2n) is 5.41. The molecule has 0 spiro atoms. The zero-order valence-electron chi connectivity index (χ0n) is 14.1. The van der Waals surface area contributed by atoms with E-state index in [4.69, 9.17) is 9.47 Å². The molecule has 2 heteroatoms. The van der Waals surface area contributed by atoms with Gasteiger partial charge in [-0.05, 0) is 43.4 Å². The number of allylic oxidation sites excluding steroid dienone is 1. The molecule has 0 N–H and O–H groups in total. The molecule has 0 saturated carbocycles. The van der Waals surface area contributed by atoms with Crippen molar-refractivity contribution in [1.29, 1.82) is 0 Å². The molecule has 0 amide bonds. The van der Waals surface area contributed by atoms with Crippen LogP contribution in [0.2, 0.25) is 0 Å². The van der Waals surface area contributed by atoms with Crippen LogP contribution >= 0.6 is 0 Å². The molecule has 0 radical (unpaired) electrons. The summed E-state index contributed by atoms with van der Waals surface area (Å²) < 4.78 is 11.1. The van der Waals surface area contributed by atoms with E-state index in [0.717, 1.165) is 36.3 Å². The fourth-order valence-corrected chi connectivity index (χ4v) is 2.43. The fraction of sp³-hybridized carbons (Fsp3) is 0.579. The molecule has 0 bridgehead atoms. The second kappa shape index (κ2) is 10.3. The number of unbranched alkanes of at least 4 members (excludes halogenated alkanes) is 4. The molecule has 0 aliphatic carbocycles. The van der Waals surface area contributed by atoms with Gasteiger partial charge in [0.1, 0.15) is 11.5 Å². The summed E-state index contributed by atoms with van der Waals surface area (Å²) in [6, 6.07) is 4.23. The molecule has 1 rings (SSSR count). The molecule has 0 aliphatic heterocycles. The van der Waals surface area contributed by atoms with E-state index in [2.05, 4.69) is 38.1 Å². The maximum atomic E-state index is 5.56. The molecule has 0 unspecified atom stereocenters. The Hall–Kier alpha value is -1.44. The zero-order chi connectivity index (χ0) is 15.5. The van der Waals surface area contributed by atoms with Crippen molar-refractivity contribution in [3.8, 4) is 11.5 Å². The van der Waals surface area contributed by atoms with Crippen LogP contribution in [0.4, 0.5) is 0 Å².